The third-order valence-corrected chi connectivity index (χ3v) is 6.78. The molecule has 0 aliphatic carbocycles. The Morgan fingerprint density at radius 1 is 0.946 bits per heavy atom. The van der Waals surface area contributed by atoms with Crippen molar-refractivity contribution < 1.29 is 19.0 Å². The third kappa shape index (κ3) is 8.17. The number of rotatable bonds is 11. The quantitative estimate of drug-likeness (QED) is 0.294. The summed E-state index contributed by atoms with van der Waals surface area (Å²) in [4.78, 5) is 14.9. The first-order chi connectivity index (χ1) is 18.0. The molecule has 3 aromatic carbocycles. The molecule has 5 nitrogen and oxygen atoms in total. The van der Waals surface area contributed by atoms with Gasteiger partial charge < -0.3 is 14.2 Å². The van der Waals surface area contributed by atoms with Crippen molar-refractivity contribution in [2.45, 2.75) is 45.8 Å². The Labute approximate surface area is 221 Å². The fraction of sp³-hybridized carbons (Fsp3) is 0.406. The Bertz CT molecular complexity index is 1100. The molecule has 0 saturated carbocycles. The lowest BCUT2D eigenvalue weighted by Gasteiger charge is -2.33. The zero-order valence-electron chi connectivity index (χ0n) is 22.3. The van der Waals surface area contributed by atoms with E-state index in [1.807, 2.05) is 49.4 Å². The number of morpholine rings is 1. The number of carbonyl (C=O) groups is 1. The topological polar surface area (TPSA) is 48.0 Å². The molecular formula is C32H39NO4. The Hall–Kier alpha value is -3.15. The predicted molar refractivity (Wildman–Crippen MR) is 147 cm³/mol. The smallest absolute Gasteiger partial charge is 0.313 e. The molecule has 0 N–H and O–H groups in total. The van der Waals surface area contributed by atoms with Gasteiger partial charge in [0.1, 0.15) is 19.0 Å². The van der Waals surface area contributed by atoms with E-state index in [-0.39, 0.29) is 18.0 Å². The van der Waals surface area contributed by atoms with Crippen LogP contribution in [0.3, 0.4) is 0 Å². The molecule has 2 unspecified atom stereocenters. The monoisotopic (exact) mass is 501 g/mol. The number of esters is 1. The predicted octanol–water partition coefficient (Wildman–Crippen LogP) is 6.18. The van der Waals surface area contributed by atoms with Gasteiger partial charge in [-0.25, -0.2) is 0 Å². The van der Waals surface area contributed by atoms with Crippen molar-refractivity contribution in [2.75, 3.05) is 32.8 Å². The first-order valence-electron chi connectivity index (χ1n) is 13.3. The van der Waals surface area contributed by atoms with Crippen LogP contribution in [-0.4, -0.2) is 43.7 Å². The minimum Gasteiger partial charge on any atom is -0.489 e. The van der Waals surface area contributed by atoms with Crippen LogP contribution in [0.1, 0.15) is 55.0 Å². The van der Waals surface area contributed by atoms with E-state index in [2.05, 4.69) is 55.1 Å². The second-order valence-corrected chi connectivity index (χ2v) is 10.2. The number of ether oxygens (including phenoxy) is 3. The molecule has 196 valence electrons. The molecule has 1 fully saturated rings. The van der Waals surface area contributed by atoms with Crippen LogP contribution >= 0.6 is 0 Å². The van der Waals surface area contributed by atoms with Crippen LogP contribution in [0.4, 0.5) is 0 Å². The SMILES string of the molecule is CC(C)Cc1ccc(C(C)C(=O)OCCN2CCOC(c3ccc(OCc4ccccc4)cc3)C2)cc1. The summed E-state index contributed by atoms with van der Waals surface area (Å²) in [5.41, 5.74) is 4.58. The zero-order valence-corrected chi connectivity index (χ0v) is 22.3. The van der Waals surface area contributed by atoms with Crippen molar-refractivity contribution in [3.05, 3.63) is 101 Å². The lowest BCUT2D eigenvalue weighted by Crippen LogP contribution is -2.40. The van der Waals surface area contributed by atoms with Crippen LogP contribution in [0.15, 0.2) is 78.9 Å². The molecule has 0 aromatic heterocycles. The van der Waals surface area contributed by atoms with Crippen LogP contribution in [0.25, 0.3) is 0 Å². The molecule has 1 heterocycles. The van der Waals surface area contributed by atoms with Gasteiger partial charge in [0, 0.05) is 19.6 Å². The van der Waals surface area contributed by atoms with Crippen molar-refractivity contribution in [3.8, 4) is 5.75 Å². The van der Waals surface area contributed by atoms with Crippen LogP contribution in [0, 0.1) is 5.92 Å². The first kappa shape index (κ1) is 26.9. The highest BCUT2D eigenvalue weighted by atomic mass is 16.5. The first-order valence-corrected chi connectivity index (χ1v) is 13.3. The van der Waals surface area contributed by atoms with Gasteiger partial charge in [0.25, 0.3) is 0 Å². The van der Waals surface area contributed by atoms with Gasteiger partial charge in [-0.15, -0.1) is 0 Å². The van der Waals surface area contributed by atoms with Crippen molar-refractivity contribution in [1.82, 2.24) is 4.90 Å². The molecule has 37 heavy (non-hydrogen) atoms. The van der Waals surface area contributed by atoms with Crippen molar-refractivity contribution in [2.24, 2.45) is 5.92 Å². The highest BCUT2D eigenvalue weighted by Gasteiger charge is 2.23. The van der Waals surface area contributed by atoms with Crippen LogP contribution in [-0.2, 0) is 27.3 Å². The van der Waals surface area contributed by atoms with E-state index >= 15 is 0 Å². The number of hydrogen-bond acceptors (Lipinski definition) is 5. The van der Waals surface area contributed by atoms with Crippen molar-refractivity contribution in [1.29, 1.82) is 0 Å². The summed E-state index contributed by atoms with van der Waals surface area (Å²) in [6.45, 7) is 10.2. The largest absolute Gasteiger partial charge is 0.489 e. The van der Waals surface area contributed by atoms with Gasteiger partial charge in [0.15, 0.2) is 0 Å². The van der Waals surface area contributed by atoms with Gasteiger partial charge >= 0.3 is 5.97 Å². The van der Waals surface area contributed by atoms with Crippen molar-refractivity contribution in [3.63, 3.8) is 0 Å². The van der Waals surface area contributed by atoms with E-state index in [1.165, 1.54) is 5.56 Å². The Balaban J connectivity index is 1.20. The summed E-state index contributed by atoms with van der Waals surface area (Å²) in [6.07, 6.45) is 1.04. The van der Waals surface area contributed by atoms with E-state index < -0.39 is 0 Å². The molecule has 4 rings (SSSR count). The lowest BCUT2D eigenvalue weighted by atomic mass is 9.97. The Morgan fingerprint density at radius 2 is 1.68 bits per heavy atom. The molecule has 1 aliphatic heterocycles. The maximum absolute atomic E-state index is 12.6. The Kier molecular flexibility index (Phi) is 9.75. The van der Waals surface area contributed by atoms with Gasteiger partial charge in [-0.2, -0.15) is 0 Å². The Morgan fingerprint density at radius 3 is 2.38 bits per heavy atom. The van der Waals surface area contributed by atoms with Crippen molar-refractivity contribution >= 4 is 5.97 Å². The minimum atomic E-state index is -0.270. The molecular weight excluding hydrogens is 462 g/mol. The van der Waals surface area contributed by atoms with Gasteiger partial charge in [0.05, 0.1) is 18.6 Å². The van der Waals surface area contributed by atoms with Gasteiger partial charge in [-0.05, 0) is 53.6 Å². The molecule has 0 bridgehead atoms. The van der Waals surface area contributed by atoms with Crippen LogP contribution < -0.4 is 4.74 Å². The second-order valence-electron chi connectivity index (χ2n) is 10.2. The number of nitrogens with zero attached hydrogens (tertiary/aromatic N) is 1. The van der Waals surface area contributed by atoms with Crippen LogP contribution in [0.5, 0.6) is 5.75 Å². The summed E-state index contributed by atoms with van der Waals surface area (Å²) in [6, 6.07) is 26.6. The highest BCUT2D eigenvalue weighted by molar-refractivity contribution is 5.77. The maximum atomic E-state index is 12.6. The average Bonchev–Trinajstić information content (AvgIpc) is 2.92. The molecule has 1 aliphatic rings. The summed E-state index contributed by atoms with van der Waals surface area (Å²) < 4.78 is 17.6. The fourth-order valence-corrected chi connectivity index (χ4v) is 4.58. The fourth-order valence-electron chi connectivity index (χ4n) is 4.58. The number of benzene rings is 3. The van der Waals surface area contributed by atoms with Gasteiger partial charge in [-0.1, -0.05) is 80.6 Å². The number of carbonyl (C=O) groups excluding carboxylic acids is 1. The van der Waals surface area contributed by atoms with E-state index in [4.69, 9.17) is 14.2 Å². The van der Waals surface area contributed by atoms with Gasteiger partial charge in [0.2, 0.25) is 0 Å². The molecule has 5 heteroatoms. The summed E-state index contributed by atoms with van der Waals surface area (Å²) in [5.74, 6) is 1.02. The molecule has 0 amide bonds. The third-order valence-electron chi connectivity index (χ3n) is 6.78. The normalized spacial score (nSPS) is 16.9. The minimum absolute atomic E-state index is 0.00379. The zero-order chi connectivity index (χ0) is 26.0. The van der Waals surface area contributed by atoms with Crippen LogP contribution in [0.2, 0.25) is 0 Å². The standard InChI is InChI=1S/C32H39NO4/c1-24(2)21-26-9-11-28(12-10-26)25(3)32(34)36-20-18-33-17-19-35-31(22-33)29-13-15-30(16-14-29)37-23-27-7-5-4-6-8-27/h4-16,24-25,31H,17-23H2,1-3H3. The molecule has 0 spiro atoms. The second kappa shape index (κ2) is 13.4. The molecule has 2 atom stereocenters. The summed E-state index contributed by atoms with van der Waals surface area (Å²) >= 11 is 0. The van der Waals surface area contributed by atoms with E-state index in [0.29, 0.717) is 32.3 Å². The molecule has 0 radical (unpaired) electrons. The summed E-state index contributed by atoms with van der Waals surface area (Å²) in [5, 5.41) is 0. The highest BCUT2D eigenvalue weighted by Crippen LogP contribution is 2.25. The van der Waals surface area contributed by atoms with E-state index in [0.717, 1.165) is 42.0 Å². The summed E-state index contributed by atoms with van der Waals surface area (Å²) in [7, 11) is 0. The average molecular weight is 502 g/mol. The molecule has 1 saturated heterocycles. The lowest BCUT2D eigenvalue weighted by molar-refractivity contribution is -0.146. The van der Waals surface area contributed by atoms with E-state index in [9.17, 15) is 4.79 Å². The number of hydrogen-bond donors (Lipinski definition) is 0. The maximum Gasteiger partial charge on any atom is 0.313 e. The van der Waals surface area contributed by atoms with Gasteiger partial charge in [-0.3, -0.25) is 9.69 Å². The van der Waals surface area contributed by atoms with E-state index in [1.54, 1.807) is 0 Å². The molecule has 3 aromatic rings.